The molecule has 21 heavy (non-hydrogen) atoms. The Hall–Kier alpha value is -2.54. The van der Waals surface area contributed by atoms with E-state index >= 15 is 0 Å². The minimum absolute atomic E-state index is 0.0786. The molecule has 2 rings (SSSR count). The van der Waals surface area contributed by atoms with E-state index in [2.05, 4.69) is 20.8 Å². The zero-order chi connectivity index (χ0) is 15.6. The number of aromatic carboxylic acids is 1. The second kappa shape index (κ2) is 5.84. The van der Waals surface area contributed by atoms with Crippen molar-refractivity contribution in [3.63, 3.8) is 0 Å². The van der Waals surface area contributed by atoms with Crippen LogP contribution >= 0.6 is 11.6 Å². The second-order valence-corrected chi connectivity index (χ2v) is 4.80. The Balaban J connectivity index is 2.13. The lowest BCUT2D eigenvalue weighted by atomic mass is 10.2. The molecule has 0 atom stereocenters. The van der Waals surface area contributed by atoms with Gasteiger partial charge in [0.1, 0.15) is 0 Å². The minimum atomic E-state index is -1.16. The number of nitrogens with zero attached hydrogens (tertiary/aromatic N) is 1. The van der Waals surface area contributed by atoms with Gasteiger partial charge in [-0.15, -0.1) is 0 Å². The van der Waals surface area contributed by atoms with Crippen molar-refractivity contribution < 1.29 is 14.7 Å². The number of nitrogens with one attached hydrogen (secondary N) is 3. The number of halogens is 1. The smallest absolute Gasteiger partial charge is 0.337 e. The molecule has 0 unspecified atom stereocenters. The van der Waals surface area contributed by atoms with Crippen LogP contribution < -0.4 is 10.6 Å². The van der Waals surface area contributed by atoms with E-state index in [1.165, 1.54) is 18.2 Å². The first-order valence-electron chi connectivity index (χ1n) is 6.01. The topological polar surface area (TPSA) is 107 Å². The van der Waals surface area contributed by atoms with Gasteiger partial charge in [0.05, 0.1) is 27.7 Å². The van der Waals surface area contributed by atoms with Gasteiger partial charge in [-0.2, -0.15) is 5.10 Å². The van der Waals surface area contributed by atoms with Gasteiger partial charge in [-0.3, -0.25) is 5.10 Å². The molecule has 0 saturated carbocycles. The lowest BCUT2D eigenvalue weighted by molar-refractivity contribution is 0.0697. The van der Waals surface area contributed by atoms with E-state index in [1.807, 2.05) is 0 Å². The van der Waals surface area contributed by atoms with E-state index in [0.717, 1.165) is 5.69 Å². The van der Waals surface area contributed by atoms with Crippen molar-refractivity contribution >= 4 is 35.0 Å². The Kier molecular flexibility index (Phi) is 4.13. The van der Waals surface area contributed by atoms with Gasteiger partial charge in [0.15, 0.2) is 0 Å². The molecule has 4 N–H and O–H groups in total. The van der Waals surface area contributed by atoms with Gasteiger partial charge in [0.25, 0.3) is 0 Å². The fourth-order valence-corrected chi connectivity index (χ4v) is 1.98. The van der Waals surface area contributed by atoms with Gasteiger partial charge in [-0.1, -0.05) is 11.6 Å². The predicted molar refractivity (Wildman–Crippen MR) is 79.1 cm³/mol. The first kappa shape index (κ1) is 14.9. The van der Waals surface area contributed by atoms with Crippen molar-refractivity contribution in [1.82, 2.24) is 10.2 Å². The van der Waals surface area contributed by atoms with Gasteiger partial charge in [0, 0.05) is 5.69 Å². The van der Waals surface area contributed by atoms with Crippen LogP contribution in [0.3, 0.4) is 0 Å². The third-order valence-corrected chi connectivity index (χ3v) is 3.15. The summed E-state index contributed by atoms with van der Waals surface area (Å²) >= 11 is 5.76. The van der Waals surface area contributed by atoms with Gasteiger partial charge < -0.3 is 15.7 Å². The number of carboxylic acid groups (broad SMARTS) is 1. The van der Waals surface area contributed by atoms with Crippen LogP contribution in [0.25, 0.3) is 0 Å². The van der Waals surface area contributed by atoms with Crippen molar-refractivity contribution in [3.8, 4) is 0 Å². The molecule has 1 aromatic carbocycles. The van der Waals surface area contributed by atoms with Crippen LogP contribution in [0.15, 0.2) is 18.2 Å². The first-order chi connectivity index (χ1) is 9.88. The maximum atomic E-state index is 11.9. The summed E-state index contributed by atoms with van der Waals surface area (Å²) in [7, 11) is 0. The van der Waals surface area contributed by atoms with Crippen LogP contribution in [0, 0.1) is 13.8 Å². The monoisotopic (exact) mass is 308 g/mol. The highest BCUT2D eigenvalue weighted by Gasteiger charge is 2.13. The lowest BCUT2D eigenvalue weighted by Crippen LogP contribution is -2.20. The molecule has 0 aliphatic carbocycles. The Morgan fingerprint density at radius 3 is 2.57 bits per heavy atom. The van der Waals surface area contributed by atoms with E-state index in [1.54, 1.807) is 13.8 Å². The second-order valence-electron chi connectivity index (χ2n) is 4.39. The van der Waals surface area contributed by atoms with Crippen LogP contribution in [-0.2, 0) is 0 Å². The molecule has 2 aromatic rings. The molecular weight excluding hydrogens is 296 g/mol. The number of H-pyrrole nitrogens is 1. The molecule has 2 amide bonds. The number of aromatic amines is 1. The molecule has 0 radical (unpaired) electrons. The molecule has 0 aliphatic heterocycles. The van der Waals surface area contributed by atoms with Crippen LogP contribution in [0.5, 0.6) is 0 Å². The third kappa shape index (κ3) is 3.32. The molecule has 110 valence electrons. The summed E-state index contributed by atoms with van der Waals surface area (Å²) in [5, 5.41) is 21.0. The van der Waals surface area contributed by atoms with E-state index in [9.17, 15) is 9.59 Å². The maximum Gasteiger partial charge on any atom is 0.337 e. The average molecular weight is 309 g/mol. The number of amides is 2. The SMILES string of the molecule is Cc1n[nH]c(C)c1NC(=O)Nc1ccc(Cl)c(C(=O)O)c1. The summed E-state index contributed by atoms with van der Waals surface area (Å²) in [6.07, 6.45) is 0. The number of carboxylic acids is 1. The minimum Gasteiger partial charge on any atom is -0.478 e. The first-order valence-corrected chi connectivity index (χ1v) is 6.38. The number of hydrogen-bond acceptors (Lipinski definition) is 3. The zero-order valence-corrected chi connectivity index (χ0v) is 12.1. The summed E-state index contributed by atoms with van der Waals surface area (Å²) in [6.45, 7) is 3.53. The fraction of sp³-hybridized carbons (Fsp3) is 0.154. The molecule has 0 spiro atoms. The van der Waals surface area contributed by atoms with Crippen LogP contribution in [-0.4, -0.2) is 27.3 Å². The van der Waals surface area contributed by atoms with Crippen LogP contribution in [0.4, 0.5) is 16.2 Å². The van der Waals surface area contributed by atoms with Gasteiger partial charge in [-0.25, -0.2) is 9.59 Å². The highest BCUT2D eigenvalue weighted by Crippen LogP contribution is 2.21. The Bertz CT molecular complexity index is 692. The van der Waals surface area contributed by atoms with Crippen LogP contribution in [0.1, 0.15) is 21.7 Å². The number of urea groups is 1. The van der Waals surface area contributed by atoms with Crippen molar-refractivity contribution in [2.75, 3.05) is 10.6 Å². The number of carbonyl (C=O) groups is 2. The number of carbonyl (C=O) groups excluding carboxylic acids is 1. The van der Waals surface area contributed by atoms with E-state index < -0.39 is 12.0 Å². The Morgan fingerprint density at radius 1 is 1.29 bits per heavy atom. The summed E-state index contributed by atoms with van der Waals surface area (Å²) < 4.78 is 0. The normalized spacial score (nSPS) is 10.2. The lowest BCUT2D eigenvalue weighted by Gasteiger charge is -2.09. The van der Waals surface area contributed by atoms with Gasteiger partial charge in [-0.05, 0) is 32.0 Å². The van der Waals surface area contributed by atoms with Gasteiger partial charge in [0.2, 0.25) is 0 Å². The molecular formula is C13H13ClN4O3. The largest absolute Gasteiger partial charge is 0.478 e. The standard InChI is InChI=1S/C13H13ClN4O3/c1-6-11(7(2)18-17-6)16-13(21)15-8-3-4-10(14)9(5-8)12(19)20/h3-5H,1-2H3,(H,17,18)(H,19,20)(H2,15,16,21). The summed E-state index contributed by atoms with van der Waals surface area (Å²) in [4.78, 5) is 22.9. The number of hydrogen-bond donors (Lipinski definition) is 4. The number of rotatable bonds is 3. The molecule has 0 aliphatic rings. The molecule has 0 fully saturated rings. The van der Waals surface area contributed by atoms with Crippen molar-refractivity contribution in [1.29, 1.82) is 0 Å². The fourth-order valence-electron chi connectivity index (χ4n) is 1.78. The number of benzene rings is 1. The quantitative estimate of drug-likeness (QED) is 0.699. The van der Waals surface area contributed by atoms with E-state index in [0.29, 0.717) is 17.1 Å². The summed E-state index contributed by atoms with van der Waals surface area (Å²) in [5.41, 5.74) is 2.22. The number of aromatic nitrogens is 2. The van der Waals surface area contributed by atoms with Crippen molar-refractivity contribution in [3.05, 3.63) is 40.2 Å². The summed E-state index contributed by atoms with van der Waals surface area (Å²) in [5.74, 6) is -1.16. The maximum absolute atomic E-state index is 11.9. The highest BCUT2D eigenvalue weighted by molar-refractivity contribution is 6.33. The molecule has 0 saturated heterocycles. The number of aryl methyl sites for hydroxylation is 2. The van der Waals surface area contributed by atoms with Gasteiger partial charge >= 0.3 is 12.0 Å². The van der Waals surface area contributed by atoms with Crippen molar-refractivity contribution in [2.24, 2.45) is 0 Å². The molecule has 8 heteroatoms. The molecule has 0 bridgehead atoms. The Morgan fingerprint density at radius 2 is 2.00 bits per heavy atom. The van der Waals surface area contributed by atoms with Crippen molar-refractivity contribution in [2.45, 2.75) is 13.8 Å². The van der Waals surface area contributed by atoms with E-state index in [-0.39, 0.29) is 10.6 Å². The third-order valence-electron chi connectivity index (χ3n) is 2.82. The van der Waals surface area contributed by atoms with E-state index in [4.69, 9.17) is 16.7 Å². The Labute approximate surface area is 125 Å². The molecule has 7 nitrogen and oxygen atoms in total. The number of anilines is 2. The summed E-state index contributed by atoms with van der Waals surface area (Å²) in [6, 6.07) is 3.72. The molecule has 1 aromatic heterocycles. The van der Waals surface area contributed by atoms with Crippen LogP contribution in [0.2, 0.25) is 5.02 Å². The zero-order valence-electron chi connectivity index (χ0n) is 11.3. The average Bonchev–Trinajstić information content (AvgIpc) is 2.72. The predicted octanol–water partition coefficient (Wildman–Crippen LogP) is 3.02. The molecule has 1 heterocycles. The highest BCUT2D eigenvalue weighted by atomic mass is 35.5.